The third-order valence-corrected chi connectivity index (χ3v) is 3.44. The number of esters is 1. The van der Waals surface area contributed by atoms with Gasteiger partial charge in [0.2, 0.25) is 5.91 Å². The van der Waals surface area contributed by atoms with Gasteiger partial charge in [-0.1, -0.05) is 36.4 Å². The molecular formula is C18H20N2O3. The van der Waals surface area contributed by atoms with Gasteiger partial charge in [-0.3, -0.25) is 9.78 Å². The molecule has 0 aliphatic heterocycles. The number of carbonyl (C=O) groups excluding carboxylic acids is 2. The first-order chi connectivity index (χ1) is 11.2. The summed E-state index contributed by atoms with van der Waals surface area (Å²) < 4.78 is 4.78. The highest BCUT2D eigenvalue weighted by molar-refractivity contribution is 5.85. The number of aromatic nitrogens is 1. The largest absolute Gasteiger partial charge is 0.467 e. The minimum atomic E-state index is -0.774. The van der Waals surface area contributed by atoms with Crippen LogP contribution in [0, 0.1) is 0 Å². The summed E-state index contributed by atoms with van der Waals surface area (Å²) in [5, 5.41) is 2.74. The van der Waals surface area contributed by atoms with E-state index in [0.717, 1.165) is 12.1 Å². The smallest absolute Gasteiger partial charge is 0.333 e. The average molecular weight is 312 g/mol. The number of nitrogens with zero attached hydrogens (tertiary/aromatic N) is 1. The molecule has 1 heterocycles. The molecule has 0 saturated carbocycles. The minimum Gasteiger partial charge on any atom is -0.467 e. The predicted octanol–water partition coefficient (Wildman–Crippen LogP) is 2.43. The number of hydrogen-bond donors (Lipinski definition) is 1. The molecule has 1 amide bonds. The standard InChI is InChI=1S/C18H20N2O3/c1-23-18(22)17(14-8-3-2-4-9-14)20-16(21)12-7-11-15-10-5-6-13-19-15/h2-6,8-10,13,17H,7,11-12H2,1H3,(H,20,21). The Bertz CT molecular complexity index is 629. The van der Waals surface area contributed by atoms with Crippen LogP contribution >= 0.6 is 0 Å². The second-order valence-electron chi connectivity index (χ2n) is 5.11. The SMILES string of the molecule is COC(=O)C(NC(=O)CCCc1ccccn1)c1ccccc1. The van der Waals surface area contributed by atoms with Crippen molar-refractivity contribution in [2.45, 2.75) is 25.3 Å². The van der Waals surface area contributed by atoms with E-state index in [4.69, 9.17) is 4.74 Å². The molecule has 2 aromatic rings. The van der Waals surface area contributed by atoms with Crippen LogP contribution in [-0.4, -0.2) is 24.0 Å². The van der Waals surface area contributed by atoms with E-state index < -0.39 is 12.0 Å². The maximum atomic E-state index is 12.1. The van der Waals surface area contributed by atoms with Gasteiger partial charge in [-0.15, -0.1) is 0 Å². The van der Waals surface area contributed by atoms with Gasteiger partial charge in [0.1, 0.15) is 0 Å². The third-order valence-electron chi connectivity index (χ3n) is 3.44. The van der Waals surface area contributed by atoms with Gasteiger partial charge in [0.15, 0.2) is 6.04 Å². The zero-order valence-corrected chi connectivity index (χ0v) is 13.1. The zero-order valence-electron chi connectivity index (χ0n) is 13.1. The van der Waals surface area contributed by atoms with Crippen LogP contribution in [0.5, 0.6) is 0 Å². The fourth-order valence-electron chi connectivity index (χ4n) is 2.25. The van der Waals surface area contributed by atoms with Crippen molar-refractivity contribution in [3.05, 3.63) is 66.0 Å². The van der Waals surface area contributed by atoms with Crippen molar-refractivity contribution in [3.63, 3.8) is 0 Å². The van der Waals surface area contributed by atoms with E-state index in [1.165, 1.54) is 7.11 Å². The van der Waals surface area contributed by atoms with Crippen molar-refractivity contribution in [2.24, 2.45) is 0 Å². The Morgan fingerprint density at radius 3 is 2.52 bits per heavy atom. The highest BCUT2D eigenvalue weighted by Crippen LogP contribution is 2.14. The summed E-state index contributed by atoms with van der Waals surface area (Å²) in [7, 11) is 1.31. The van der Waals surface area contributed by atoms with Gasteiger partial charge in [0.25, 0.3) is 0 Å². The van der Waals surface area contributed by atoms with Gasteiger partial charge in [-0.25, -0.2) is 4.79 Å². The van der Waals surface area contributed by atoms with E-state index in [1.807, 2.05) is 36.4 Å². The van der Waals surface area contributed by atoms with E-state index in [2.05, 4.69) is 10.3 Å². The molecule has 0 aliphatic carbocycles. The number of carbonyl (C=O) groups is 2. The second kappa shape index (κ2) is 8.68. The lowest BCUT2D eigenvalue weighted by Crippen LogP contribution is -2.34. The Labute approximate surface area is 135 Å². The zero-order chi connectivity index (χ0) is 16.5. The van der Waals surface area contributed by atoms with Gasteiger partial charge in [-0.05, 0) is 30.5 Å². The first-order valence-electron chi connectivity index (χ1n) is 7.52. The molecule has 0 radical (unpaired) electrons. The number of hydrogen-bond acceptors (Lipinski definition) is 4. The molecule has 1 aromatic carbocycles. The first-order valence-corrected chi connectivity index (χ1v) is 7.52. The molecule has 1 aromatic heterocycles. The molecule has 1 unspecified atom stereocenters. The highest BCUT2D eigenvalue weighted by Gasteiger charge is 2.22. The predicted molar refractivity (Wildman–Crippen MR) is 86.5 cm³/mol. The van der Waals surface area contributed by atoms with Crippen LogP contribution < -0.4 is 5.32 Å². The third kappa shape index (κ3) is 5.21. The molecule has 1 N–H and O–H groups in total. The van der Waals surface area contributed by atoms with E-state index in [-0.39, 0.29) is 5.91 Å². The number of ether oxygens (including phenoxy) is 1. The van der Waals surface area contributed by atoms with Crippen molar-refractivity contribution in [1.29, 1.82) is 0 Å². The van der Waals surface area contributed by atoms with Gasteiger partial charge in [0, 0.05) is 18.3 Å². The molecule has 1 atom stereocenters. The topological polar surface area (TPSA) is 68.3 Å². The van der Waals surface area contributed by atoms with Crippen molar-refractivity contribution >= 4 is 11.9 Å². The number of rotatable bonds is 7. The summed E-state index contributed by atoms with van der Waals surface area (Å²) in [5.41, 5.74) is 1.66. The van der Waals surface area contributed by atoms with Crippen LogP contribution in [-0.2, 0) is 20.7 Å². The summed E-state index contributed by atoms with van der Waals surface area (Å²) >= 11 is 0. The summed E-state index contributed by atoms with van der Waals surface area (Å²) in [6.07, 6.45) is 3.46. The average Bonchev–Trinajstić information content (AvgIpc) is 2.60. The van der Waals surface area contributed by atoms with Crippen LogP contribution in [0.1, 0.15) is 30.1 Å². The van der Waals surface area contributed by atoms with Gasteiger partial charge in [-0.2, -0.15) is 0 Å². The molecule has 0 saturated heterocycles. The van der Waals surface area contributed by atoms with Crippen LogP contribution in [0.3, 0.4) is 0 Å². The summed E-state index contributed by atoms with van der Waals surface area (Å²) in [5.74, 6) is -0.658. The second-order valence-corrected chi connectivity index (χ2v) is 5.11. The van der Waals surface area contributed by atoms with Crippen molar-refractivity contribution in [1.82, 2.24) is 10.3 Å². The van der Waals surface area contributed by atoms with Crippen molar-refractivity contribution in [2.75, 3.05) is 7.11 Å². The van der Waals surface area contributed by atoms with Gasteiger partial charge < -0.3 is 10.1 Å². The Morgan fingerprint density at radius 1 is 1.13 bits per heavy atom. The Hall–Kier alpha value is -2.69. The summed E-state index contributed by atoms with van der Waals surface area (Å²) in [6.45, 7) is 0. The molecule has 5 nitrogen and oxygen atoms in total. The monoisotopic (exact) mass is 312 g/mol. The van der Waals surface area contributed by atoms with E-state index in [9.17, 15) is 9.59 Å². The number of methoxy groups -OCH3 is 1. The number of nitrogens with one attached hydrogen (secondary N) is 1. The lowest BCUT2D eigenvalue weighted by atomic mass is 10.1. The maximum absolute atomic E-state index is 12.1. The minimum absolute atomic E-state index is 0.180. The van der Waals surface area contributed by atoms with E-state index >= 15 is 0 Å². The Morgan fingerprint density at radius 2 is 1.87 bits per heavy atom. The fraction of sp³-hybridized carbons (Fsp3) is 0.278. The van der Waals surface area contributed by atoms with Gasteiger partial charge in [0.05, 0.1) is 7.11 Å². The molecule has 23 heavy (non-hydrogen) atoms. The molecule has 2 rings (SSSR count). The normalized spacial score (nSPS) is 11.5. The summed E-state index contributed by atoms with van der Waals surface area (Å²) in [4.78, 5) is 28.2. The lowest BCUT2D eigenvalue weighted by molar-refractivity contribution is -0.145. The molecule has 0 aliphatic rings. The number of pyridine rings is 1. The summed E-state index contributed by atoms with van der Waals surface area (Å²) in [6, 6.07) is 14.0. The molecule has 5 heteroatoms. The van der Waals surface area contributed by atoms with Gasteiger partial charge >= 0.3 is 5.97 Å². The van der Waals surface area contributed by atoms with Crippen LogP contribution in [0.4, 0.5) is 0 Å². The van der Waals surface area contributed by atoms with Crippen LogP contribution in [0.2, 0.25) is 0 Å². The maximum Gasteiger partial charge on any atom is 0.333 e. The fourth-order valence-corrected chi connectivity index (χ4v) is 2.25. The van der Waals surface area contributed by atoms with Crippen molar-refractivity contribution in [3.8, 4) is 0 Å². The molecule has 120 valence electrons. The first kappa shape index (κ1) is 16.7. The molecule has 0 fully saturated rings. The highest BCUT2D eigenvalue weighted by atomic mass is 16.5. The quantitative estimate of drug-likeness (QED) is 0.797. The van der Waals surface area contributed by atoms with E-state index in [1.54, 1.807) is 18.3 Å². The lowest BCUT2D eigenvalue weighted by Gasteiger charge is -2.16. The van der Waals surface area contributed by atoms with Crippen molar-refractivity contribution < 1.29 is 14.3 Å². The molecule has 0 spiro atoms. The number of aryl methyl sites for hydroxylation is 1. The molecular weight excluding hydrogens is 292 g/mol. The Balaban J connectivity index is 1.89. The van der Waals surface area contributed by atoms with E-state index in [0.29, 0.717) is 18.4 Å². The molecule has 0 bridgehead atoms. The number of amides is 1. The number of benzene rings is 1. The van der Waals surface area contributed by atoms with Crippen LogP contribution in [0.25, 0.3) is 0 Å². The van der Waals surface area contributed by atoms with Crippen LogP contribution in [0.15, 0.2) is 54.7 Å². The Kier molecular flexibility index (Phi) is 6.29.